The SMILES string of the molecule is Cc1cc(C2CCC(c3ccc(O)cc3)CC2)cc(C(C)(C)C)c1O. The van der Waals surface area contributed by atoms with Crippen molar-refractivity contribution in [3.63, 3.8) is 0 Å². The van der Waals surface area contributed by atoms with Gasteiger partial charge in [-0.3, -0.25) is 0 Å². The summed E-state index contributed by atoms with van der Waals surface area (Å²) >= 11 is 0. The van der Waals surface area contributed by atoms with Crippen molar-refractivity contribution in [2.75, 3.05) is 0 Å². The molecule has 2 aromatic rings. The monoisotopic (exact) mass is 338 g/mol. The van der Waals surface area contributed by atoms with Crippen LogP contribution in [0, 0.1) is 6.92 Å². The summed E-state index contributed by atoms with van der Waals surface area (Å²) in [6, 6.07) is 12.1. The second kappa shape index (κ2) is 6.74. The lowest BCUT2D eigenvalue weighted by Gasteiger charge is -2.31. The fourth-order valence-corrected chi connectivity index (χ4v) is 4.12. The minimum absolute atomic E-state index is 0.0475. The van der Waals surface area contributed by atoms with Gasteiger partial charge < -0.3 is 10.2 Å². The van der Waals surface area contributed by atoms with Crippen LogP contribution >= 0.6 is 0 Å². The summed E-state index contributed by atoms with van der Waals surface area (Å²) in [5, 5.41) is 19.9. The lowest BCUT2D eigenvalue weighted by molar-refractivity contribution is 0.393. The molecule has 1 fully saturated rings. The molecule has 134 valence electrons. The maximum absolute atomic E-state index is 10.4. The minimum atomic E-state index is -0.0475. The van der Waals surface area contributed by atoms with E-state index >= 15 is 0 Å². The van der Waals surface area contributed by atoms with Gasteiger partial charge in [0.2, 0.25) is 0 Å². The molecule has 0 bridgehead atoms. The van der Waals surface area contributed by atoms with Crippen molar-refractivity contribution in [3.05, 3.63) is 58.7 Å². The molecule has 0 aliphatic heterocycles. The van der Waals surface area contributed by atoms with Gasteiger partial charge in [0.1, 0.15) is 11.5 Å². The number of rotatable bonds is 2. The van der Waals surface area contributed by atoms with E-state index in [1.807, 2.05) is 6.92 Å². The molecule has 0 heterocycles. The molecule has 1 aliphatic carbocycles. The van der Waals surface area contributed by atoms with Crippen molar-refractivity contribution >= 4 is 0 Å². The topological polar surface area (TPSA) is 40.5 Å². The van der Waals surface area contributed by atoms with Gasteiger partial charge in [-0.05, 0) is 84.2 Å². The Kier molecular flexibility index (Phi) is 4.81. The molecule has 0 amide bonds. The average molecular weight is 338 g/mol. The molecule has 0 aromatic heterocycles. The number of hydrogen-bond acceptors (Lipinski definition) is 2. The van der Waals surface area contributed by atoms with Gasteiger partial charge in [0.05, 0.1) is 0 Å². The van der Waals surface area contributed by atoms with Crippen LogP contribution in [0.3, 0.4) is 0 Å². The predicted octanol–water partition coefficient (Wildman–Crippen LogP) is 6.15. The zero-order valence-electron chi connectivity index (χ0n) is 15.8. The summed E-state index contributed by atoms with van der Waals surface area (Å²) in [7, 11) is 0. The van der Waals surface area contributed by atoms with Crippen molar-refractivity contribution in [1.29, 1.82) is 0 Å². The van der Waals surface area contributed by atoms with Crippen LogP contribution in [-0.4, -0.2) is 10.2 Å². The number of phenols is 2. The van der Waals surface area contributed by atoms with Crippen molar-refractivity contribution in [1.82, 2.24) is 0 Å². The normalized spacial score (nSPS) is 21.3. The second-order valence-corrected chi connectivity index (χ2v) is 8.62. The Morgan fingerprint density at radius 3 is 1.84 bits per heavy atom. The molecule has 1 saturated carbocycles. The van der Waals surface area contributed by atoms with E-state index in [1.54, 1.807) is 12.1 Å². The van der Waals surface area contributed by atoms with Crippen LogP contribution < -0.4 is 0 Å². The highest BCUT2D eigenvalue weighted by Crippen LogP contribution is 2.43. The van der Waals surface area contributed by atoms with Crippen molar-refractivity contribution < 1.29 is 10.2 Å². The quantitative estimate of drug-likeness (QED) is 0.690. The van der Waals surface area contributed by atoms with Gasteiger partial charge in [-0.2, -0.15) is 0 Å². The van der Waals surface area contributed by atoms with Crippen LogP contribution in [-0.2, 0) is 5.41 Å². The highest BCUT2D eigenvalue weighted by atomic mass is 16.3. The van der Waals surface area contributed by atoms with Crippen LogP contribution in [0.1, 0.15) is 80.5 Å². The Hall–Kier alpha value is -1.96. The van der Waals surface area contributed by atoms with E-state index < -0.39 is 0 Å². The summed E-state index contributed by atoms with van der Waals surface area (Å²) in [5.74, 6) is 1.96. The standard InChI is InChI=1S/C23H30O2/c1-15-13-19(14-21(22(15)25)23(2,3)4)18-7-5-16(6-8-18)17-9-11-20(24)12-10-17/h9-14,16,18,24-25H,5-8H2,1-4H3. The number of hydrogen-bond donors (Lipinski definition) is 2. The second-order valence-electron chi connectivity index (χ2n) is 8.62. The predicted molar refractivity (Wildman–Crippen MR) is 104 cm³/mol. The molecule has 0 unspecified atom stereocenters. The van der Waals surface area contributed by atoms with Crippen LogP contribution in [0.5, 0.6) is 11.5 Å². The van der Waals surface area contributed by atoms with E-state index in [9.17, 15) is 10.2 Å². The fourth-order valence-electron chi connectivity index (χ4n) is 4.12. The van der Waals surface area contributed by atoms with Gasteiger partial charge >= 0.3 is 0 Å². The van der Waals surface area contributed by atoms with Gasteiger partial charge in [0.25, 0.3) is 0 Å². The van der Waals surface area contributed by atoms with Gasteiger partial charge in [0, 0.05) is 0 Å². The van der Waals surface area contributed by atoms with E-state index in [0.717, 1.165) is 11.1 Å². The van der Waals surface area contributed by atoms with Crippen molar-refractivity contribution in [2.45, 2.75) is 70.6 Å². The largest absolute Gasteiger partial charge is 0.508 e. The fraction of sp³-hybridized carbons (Fsp3) is 0.478. The Morgan fingerprint density at radius 1 is 0.800 bits per heavy atom. The molecular formula is C23H30O2. The van der Waals surface area contributed by atoms with Crippen molar-refractivity contribution in [2.24, 2.45) is 0 Å². The molecule has 0 spiro atoms. The number of benzene rings is 2. The van der Waals surface area contributed by atoms with E-state index in [-0.39, 0.29) is 5.41 Å². The maximum Gasteiger partial charge on any atom is 0.122 e. The molecule has 2 nitrogen and oxygen atoms in total. The van der Waals surface area contributed by atoms with Crippen molar-refractivity contribution in [3.8, 4) is 11.5 Å². The zero-order chi connectivity index (χ0) is 18.2. The Bertz CT molecular complexity index is 730. The zero-order valence-corrected chi connectivity index (χ0v) is 15.8. The average Bonchev–Trinajstić information content (AvgIpc) is 2.57. The molecular weight excluding hydrogens is 308 g/mol. The molecule has 2 heteroatoms. The van der Waals surface area contributed by atoms with Crippen LogP contribution in [0.25, 0.3) is 0 Å². The summed E-state index contributed by atoms with van der Waals surface area (Å²) < 4.78 is 0. The van der Waals surface area contributed by atoms with E-state index in [1.165, 1.54) is 36.8 Å². The highest BCUT2D eigenvalue weighted by molar-refractivity contribution is 5.47. The third kappa shape index (κ3) is 3.84. The first-order valence-corrected chi connectivity index (χ1v) is 9.38. The van der Waals surface area contributed by atoms with Gasteiger partial charge in [-0.15, -0.1) is 0 Å². The minimum Gasteiger partial charge on any atom is -0.508 e. The van der Waals surface area contributed by atoms with Gasteiger partial charge in [0.15, 0.2) is 0 Å². The van der Waals surface area contributed by atoms with E-state index in [2.05, 4.69) is 45.0 Å². The molecule has 0 saturated heterocycles. The molecule has 25 heavy (non-hydrogen) atoms. The third-order valence-corrected chi connectivity index (χ3v) is 5.69. The summed E-state index contributed by atoms with van der Waals surface area (Å²) in [5.41, 5.74) is 4.72. The summed E-state index contributed by atoms with van der Waals surface area (Å²) in [6.07, 6.45) is 4.72. The smallest absolute Gasteiger partial charge is 0.122 e. The van der Waals surface area contributed by atoms with Gasteiger partial charge in [-0.25, -0.2) is 0 Å². The first kappa shape index (κ1) is 17.8. The van der Waals surface area contributed by atoms with Crippen LogP contribution in [0.15, 0.2) is 36.4 Å². The number of aromatic hydroxyl groups is 2. The molecule has 0 atom stereocenters. The molecule has 1 aliphatic rings. The molecule has 3 rings (SSSR count). The highest BCUT2D eigenvalue weighted by Gasteiger charge is 2.26. The first-order chi connectivity index (χ1) is 11.8. The Morgan fingerprint density at radius 2 is 1.32 bits per heavy atom. The van der Waals surface area contributed by atoms with E-state index in [0.29, 0.717) is 23.3 Å². The van der Waals surface area contributed by atoms with E-state index in [4.69, 9.17) is 0 Å². The molecule has 0 radical (unpaired) electrons. The van der Waals surface area contributed by atoms with Gasteiger partial charge in [-0.1, -0.05) is 45.0 Å². The Labute approximate surface area is 151 Å². The molecule has 2 aromatic carbocycles. The third-order valence-electron chi connectivity index (χ3n) is 5.69. The van der Waals surface area contributed by atoms with Crippen LogP contribution in [0.2, 0.25) is 0 Å². The molecule has 2 N–H and O–H groups in total. The van der Waals surface area contributed by atoms with Crippen LogP contribution in [0.4, 0.5) is 0 Å². The first-order valence-electron chi connectivity index (χ1n) is 9.38. The summed E-state index contributed by atoms with van der Waals surface area (Å²) in [6.45, 7) is 8.49. The Balaban J connectivity index is 1.77. The lowest BCUT2D eigenvalue weighted by atomic mass is 9.74. The number of phenolic OH excluding ortho intramolecular Hbond substituents is 2. The lowest BCUT2D eigenvalue weighted by Crippen LogP contribution is -2.15. The number of aryl methyl sites for hydroxylation is 1. The maximum atomic E-state index is 10.4. The summed E-state index contributed by atoms with van der Waals surface area (Å²) in [4.78, 5) is 0.